The van der Waals surface area contributed by atoms with Crippen molar-refractivity contribution in [2.45, 2.75) is 26.3 Å². The van der Waals surface area contributed by atoms with E-state index in [-0.39, 0.29) is 11.8 Å². The first-order valence-corrected chi connectivity index (χ1v) is 7.82. The number of carboxylic acid groups (broad SMARTS) is 1. The molecule has 1 aliphatic heterocycles. The van der Waals surface area contributed by atoms with Gasteiger partial charge in [-0.3, -0.25) is 9.69 Å². The van der Waals surface area contributed by atoms with Gasteiger partial charge in [-0.15, -0.1) is 11.3 Å². The van der Waals surface area contributed by atoms with E-state index in [9.17, 15) is 4.79 Å². The Kier molecular flexibility index (Phi) is 4.45. The van der Waals surface area contributed by atoms with Crippen molar-refractivity contribution < 1.29 is 9.90 Å². The molecule has 0 saturated carbocycles. The van der Waals surface area contributed by atoms with Gasteiger partial charge in [0.15, 0.2) is 0 Å². The average molecular weight is 332 g/mol. The van der Waals surface area contributed by atoms with Crippen molar-refractivity contribution in [3.63, 3.8) is 0 Å². The number of hydrogen-bond donors (Lipinski definition) is 1. The number of carbonyl (C=O) groups is 1. The van der Waals surface area contributed by atoms with E-state index in [4.69, 9.17) is 5.11 Å². The van der Waals surface area contributed by atoms with Crippen LogP contribution in [0.1, 0.15) is 31.2 Å². The summed E-state index contributed by atoms with van der Waals surface area (Å²) in [5, 5.41) is 9.13. The van der Waals surface area contributed by atoms with Gasteiger partial charge in [0, 0.05) is 17.5 Å². The van der Waals surface area contributed by atoms with E-state index in [1.54, 1.807) is 11.3 Å². The summed E-state index contributed by atoms with van der Waals surface area (Å²) < 4.78 is 1.15. The molecule has 5 heteroatoms. The fourth-order valence-corrected chi connectivity index (χ4v) is 4.14. The van der Waals surface area contributed by atoms with E-state index in [1.807, 2.05) is 6.92 Å². The van der Waals surface area contributed by atoms with Gasteiger partial charge in [-0.05, 0) is 53.9 Å². The van der Waals surface area contributed by atoms with Crippen LogP contribution in [0.25, 0.3) is 0 Å². The highest BCUT2D eigenvalue weighted by Gasteiger charge is 2.33. The minimum atomic E-state index is -0.645. The molecular weight excluding hydrogens is 314 g/mol. The number of nitrogens with zero attached hydrogens (tertiary/aromatic N) is 1. The molecular formula is C13H18BrNO2S. The maximum absolute atomic E-state index is 11.1. The van der Waals surface area contributed by atoms with Crippen molar-refractivity contribution in [2.24, 2.45) is 11.8 Å². The summed E-state index contributed by atoms with van der Waals surface area (Å²) in [6.45, 7) is 5.99. The first kappa shape index (κ1) is 14.0. The summed E-state index contributed by atoms with van der Waals surface area (Å²) in [5.41, 5.74) is 0. The number of piperidine rings is 1. The number of hydrogen-bond acceptors (Lipinski definition) is 3. The normalized spacial score (nSPS) is 27.1. The molecule has 1 N–H and O–H groups in total. The summed E-state index contributed by atoms with van der Waals surface area (Å²) in [4.78, 5) is 14.8. The van der Waals surface area contributed by atoms with Crippen LogP contribution in [0.5, 0.6) is 0 Å². The molecule has 0 radical (unpaired) electrons. The maximum atomic E-state index is 11.1. The molecule has 0 bridgehead atoms. The third kappa shape index (κ3) is 2.95. The zero-order valence-electron chi connectivity index (χ0n) is 10.6. The molecule has 1 aromatic heterocycles. The van der Waals surface area contributed by atoms with Crippen LogP contribution in [0.3, 0.4) is 0 Å². The van der Waals surface area contributed by atoms with Crippen LogP contribution >= 0.6 is 27.3 Å². The number of thiophene rings is 1. The standard InChI is InChI=1S/C13H18BrNO2S/c1-8-7-15(6-5-10(8)13(16)17)9(2)11-3-4-12(14)18-11/h3-4,8-10H,5-7H2,1-2H3,(H,16,17). The van der Waals surface area contributed by atoms with Crippen LogP contribution < -0.4 is 0 Å². The van der Waals surface area contributed by atoms with E-state index < -0.39 is 5.97 Å². The van der Waals surface area contributed by atoms with Crippen molar-refractivity contribution in [3.05, 3.63) is 20.8 Å². The Morgan fingerprint density at radius 2 is 2.33 bits per heavy atom. The molecule has 1 fully saturated rings. The van der Waals surface area contributed by atoms with Crippen LogP contribution in [0, 0.1) is 11.8 Å². The summed E-state index contributed by atoms with van der Waals surface area (Å²) in [6, 6.07) is 4.59. The Balaban J connectivity index is 2.02. The van der Waals surface area contributed by atoms with Crippen LogP contribution in [0.15, 0.2) is 15.9 Å². The minimum absolute atomic E-state index is 0.177. The second-order valence-electron chi connectivity index (χ2n) is 5.02. The van der Waals surface area contributed by atoms with Gasteiger partial charge in [0.2, 0.25) is 0 Å². The van der Waals surface area contributed by atoms with Crippen molar-refractivity contribution in [2.75, 3.05) is 13.1 Å². The second kappa shape index (κ2) is 5.72. The molecule has 100 valence electrons. The molecule has 0 aliphatic carbocycles. The van der Waals surface area contributed by atoms with Crippen LogP contribution in [-0.4, -0.2) is 29.1 Å². The number of halogens is 1. The Hall–Kier alpha value is -0.390. The van der Waals surface area contributed by atoms with Gasteiger partial charge in [0.1, 0.15) is 0 Å². The quantitative estimate of drug-likeness (QED) is 0.919. The minimum Gasteiger partial charge on any atom is -0.481 e. The highest BCUT2D eigenvalue weighted by molar-refractivity contribution is 9.11. The maximum Gasteiger partial charge on any atom is 0.306 e. The molecule has 3 nitrogen and oxygen atoms in total. The lowest BCUT2D eigenvalue weighted by atomic mass is 9.86. The van der Waals surface area contributed by atoms with E-state index in [0.717, 1.165) is 23.3 Å². The van der Waals surface area contributed by atoms with Crippen molar-refractivity contribution in [3.8, 4) is 0 Å². The van der Waals surface area contributed by atoms with Gasteiger partial charge in [-0.2, -0.15) is 0 Å². The first-order valence-electron chi connectivity index (χ1n) is 6.21. The van der Waals surface area contributed by atoms with Crippen molar-refractivity contribution in [1.82, 2.24) is 4.90 Å². The zero-order chi connectivity index (χ0) is 13.3. The Bertz CT molecular complexity index is 434. The number of likely N-dealkylation sites (tertiary alicyclic amines) is 1. The molecule has 1 aromatic rings. The molecule has 2 heterocycles. The highest BCUT2D eigenvalue weighted by Crippen LogP contribution is 2.34. The largest absolute Gasteiger partial charge is 0.481 e. The summed E-state index contributed by atoms with van der Waals surface area (Å²) in [6.07, 6.45) is 0.757. The fraction of sp³-hybridized carbons (Fsp3) is 0.615. The van der Waals surface area contributed by atoms with Crippen LogP contribution in [0.2, 0.25) is 0 Å². The molecule has 1 saturated heterocycles. The third-order valence-electron chi connectivity index (χ3n) is 3.81. The molecule has 2 rings (SSSR count). The topological polar surface area (TPSA) is 40.5 Å². The molecule has 3 atom stereocenters. The number of aliphatic carboxylic acids is 1. The van der Waals surface area contributed by atoms with Gasteiger partial charge in [-0.1, -0.05) is 6.92 Å². The van der Waals surface area contributed by atoms with Crippen molar-refractivity contribution in [1.29, 1.82) is 0 Å². The molecule has 18 heavy (non-hydrogen) atoms. The van der Waals surface area contributed by atoms with E-state index in [1.165, 1.54) is 4.88 Å². The molecule has 0 amide bonds. The zero-order valence-corrected chi connectivity index (χ0v) is 13.0. The summed E-state index contributed by atoms with van der Waals surface area (Å²) in [7, 11) is 0. The van der Waals surface area contributed by atoms with Crippen molar-refractivity contribution >= 4 is 33.2 Å². The van der Waals surface area contributed by atoms with Gasteiger partial charge in [0.05, 0.1) is 9.70 Å². The van der Waals surface area contributed by atoms with E-state index in [2.05, 4.69) is 39.9 Å². The molecule has 3 unspecified atom stereocenters. The Labute approximate surface area is 120 Å². The third-order valence-corrected chi connectivity index (χ3v) is 5.60. The van der Waals surface area contributed by atoms with Gasteiger partial charge >= 0.3 is 5.97 Å². The predicted octanol–water partition coefficient (Wildman–Crippen LogP) is 3.61. The molecule has 0 aromatic carbocycles. The molecule has 1 aliphatic rings. The van der Waals surface area contributed by atoms with Gasteiger partial charge < -0.3 is 5.11 Å². The Morgan fingerprint density at radius 1 is 1.61 bits per heavy atom. The fourth-order valence-electron chi connectivity index (χ4n) is 2.63. The van der Waals surface area contributed by atoms with Gasteiger partial charge in [0.25, 0.3) is 0 Å². The number of rotatable bonds is 3. The predicted molar refractivity (Wildman–Crippen MR) is 76.9 cm³/mol. The Morgan fingerprint density at radius 3 is 2.83 bits per heavy atom. The first-order chi connectivity index (χ1) is 8.49. The SMILES string of the molecule is CC1CN(C(C)c2ccc(Br)s2)CCC1C(=O)O. The lowest BCUT2D eigenvalue weighted by molar-refractivity contribution is -0.145. The average Bonchev–Trinajstić information content (AvgIpc) is 2.74. The second-order valence-corrected chi connectivity index (χ2v) is 7.52. The monoisotopic (exact) mass is 331 g/mol. The number of carboxylic acids is 1. The molecule has 0 spiro atoms. The summed E-state index contributed by atoms with van der Waals surface area (Å²) in [5.74, 6) is -0.598. The van der Waals surface area contributed by atoms with Crippen LogP contribution in [0.4, 0.5) is 0 Å². The summed E-state index contributed by atoms with van der Waals surface area (Å²) >= 11 is 5.24. The van der Waals surface area contributed by atoms with E-state index in [0.29, 0.717) is 6.04 Å². The lowest BCUT2D eigenvalue weighted by Crippen LogP contribution is -2.42. The van der Waals surface area contributed by atoms with Crippen LogP contribution in [-0.2, 0) is 4.79 Å². The highest BCUT2D eigenvalue weighted by atomic mass is 79.9. The van der Waals surface area contributed by atoms with E-state index >= 15 is 0 Å². The smallest absolute Gasteiger partial charge is 0.306 e. The lowest BCUT2D eigenvalue weighted by Gasteiger charge is -2.38. The van der Waals surface area contributed by atoms with Gasteiger partial charge in [-0.25, -0.2) is 0 Å².